The fraction of sp³-hybridized carbons (Fsp3) is 0.364. The Balaban J connectivity index is 1.81. The second-order valence-corrected chi connectivity index (χ2v) is 6.60. The molecule has 1 atom stereocenters. The predicted molar refractivity (Wildman–Crippen MR) is 108 cm³/mol. The minimum atomic E-state index is -0.939. The number of amides is 1. The lowest BCUT2D eigenvalue weighted by atomic mass is 10.1. The van der Waals surface area contributed by atoms with E-state index in [1.54, 1.807) is 32.4 Å². The fourth-order valence-corrected chi connectivity index (χ4v) is 2.71. The van der Waals surface area contributed by atoms with Crippen molar-refractivity contribution < 1.29 is 28.5 Å². The summed E-state index contributed by atoms with van der Waals surface area (Å²) in [6.07, 6.45) is -0.939. The second kappa shape index (κ2) is 10.4. The first kappa shape index (κ1) is 22.1. The molecule has 0 aliphatic rings. The van der Waals surface area contributed by atoms with E-state index in [-0.39, 0.29) is 13.2 Å². The number of hydrogen-bond acceptors (Lipinski definition) is 6. The number of carbonyl (C=O) groups excluding carboxylic acids is 2. The van der Waals surface area contributed by atoms with Gasteiger partial charge in [-0.3, -0.25) is 4.79 Å². The van der Waals surface area contributed by atoms with Crippen molar-refractivity contribution >= 4 is 11.9 Å². The lowest BCUT2D eigenvalue weighted by molar-refractivity contribution is -0.156. The van der Waals surface area contributed by atoms with Gasteiger partial charge in [0.05, 0.1) is 14.2 Å². The first-order valence-electron chi connectivity index (χ1n) is 9.22. The molecule has 0 saturated heterocycles. The molecule has 1 amide bonds. The SMILES string of the molecule is COc1ccc(CNC(=O)[C@H](C)OC(=O)COc2ccc(C)cc2C)cc1OC. The molecule has 0 aliphatic carbocycles. The van der Waals surface area contributed by atoms with Crippen molar-refractivity contribution in [3.05, 3.63) is 53.1 Å². The molecule has 2 rings (SSSR count). The summed E-state index contributed by atoms with van der Waals surface area (Å²) < 4.78 is 21.1. The van der Waals surface area contributed by atoms with Crippen LogP contribution in [0, 0.1) is 13.8 Å². The van der Waals surface area contributed by atoms with E-state index in [9.17, 15) is 9.59 Å². The predicted octanol–water partition coefficient (Wildman–Crippen LogP) is 2.95. The van der Waals surface area contributed by atoms with Gasteiger partial charge in [-0.05, 0) is 50.1 Å². The lowest BCUT2D eigenvalue weighted by Gasteiger charge is -2.15. The average Bonchev–Trinajstić information content (AvgIpc) is 2.70. The van der Waals surface area contributed by atoms with Crippen LogP contribution in [0.2, 0.25) is 0 Å². The lowest BCUT2D eigenvalue weighted by Crippen LogP contribution is -2.36. The van der Waals surface area contributed by atoms with Crippen LogP contribution in [0.15, 0.2) is 36.4 Å². The molecule has 2 aromatic rings. The van der Waals surface area contributed by atoms with Gasteiger partial charge in [-0.2, -0.15) is 0 Å². The summed E-state index contributed by atoms with van der Waals surface area (Å²) in [6, 6.07) is 11.0. The Bertz CT molecular complexity index is 864. The van der Waals surface area contributed by atoms with Gasteiger partial charge in [0.1, 0.15) is 5.75 Å². The van der Waals surface area contributed by atoms with Gasteiger partial charge >= 0.3 is 5.97 Å². The Morgan fingerprint density at radius 3 is 2.31 bits per heavy atom. The van der Waals surface area contributed by atoms with Gasteiger partial charge in [-0.1, -0.05) is 23.8 Å². The average molecular weight is 401 g/mol. The van der Waals surface area contributed by atoms with Crippen LogP contribution in [0.4, 0.5) is 0 Å². The summed E-state index contributed by atoms with van der Waals surface area (Å²) >= 11 is 0. The number of esters is 1. The molecule has 0 spiro atoms. The third-order valence-corrected chi connectivity index (χ3v) is 4.27. The Morgan fingerprint density at radius 2 is 1.66 bits per heavy atom. The Labute approximate surface area is 170 Å². The monoisotopic (exact) mass is 401 g/mol. The van der Waals surface area contributed by atoms with Crippen LogP contribution >= 0.6 is 0 Å². The van der Waals surface area contributed by atoms with E-state index in [2.05, 4.69) is 5.32 Å². The molecule has 7 heteroatoms. The van der Waals surface area contributed by atoms with Gasteiger partial charge in [-0.15, -0.1) is 0 Å². The van der Waals surface area contributed by atoms with Crippen molar-refractivity contribution in [2.45, 2.75) is 33.4 Å². The molecule has 0 saturated carbocycles. The molecular formula is C22H27NO6. The summed E-state index contributed by atoms with van der Waals surface area (Å²) in [6.45, 7) is 5.39. The molecule has 0 heterocycles. The summed E-state index contributed by atoms with van der Waals surface area (Å²) in [5, 5.41) is 2.73. The molecule has 1 N–H and O–H groups in total. The number of carbonyl (C=O) groups is 2. The summed E-state index contributed by atoms with van der Waals surface area (Å²) in [7, 11) is 3.10. The van der Waals surface area contributed by atoms with Crippen LogP contribution in [-0.2, 0) is 20.9 Å². The van der Waals surface area contributed by atoms with Crippen molar-refractivity contribution in [3.8, 4) is 17.2 Å². The Morgan fingerprint density at radius 1 is 0.966 bits per heavy atom. The highest BCUT2D eigenvalue weighted by atomic mass is 16.6. The number of ether oxygens (including phenoxy) is 4. The maximum Gasteiger partial charge on any atom is 0.344 e. The second-order valence-electron chi connectivity index (χ2n) is 6.60. The van der Waals surface area contributed by atoms with Crippen LogP contribution < -0.4 is 19.5 Å². The fourth-order valence-electron chi connectivity index (χ4n) is 2.71. The standard InChI is InChI=1S/C22H27NO6/c1-14-6-8-18(15(2)10-14)28-13-21(24)29-16(3)22(25)23-12-17-7-9-19(26-4)20(11-17)27-5/h6-11,16H,12-13H2,1-5H3,(H,23,25)/t16-/m0/s1. The summed E-state index contributed by atoms with van der Waals surface area (Å²) in [4.78, 5) is 24.2. The van der Waals surface area contributed by atoms with Gasteiger partial charge in [0.15, 0.2) is 24.2 Å². The van der Waals surface area contributed by atoms with Gasteiger partial charge in [0.2, 0.25) is 0 Å². The molecule has 0 unspecified atom stereocenters. The molecule has 0 radical (unpaired) electrons. The van der Waals surface area contributed by atoms with Crippen LogP contribution in [0.3, 0.4) is 0 Å². The van der Waals surface area contributed by atoms with E-state index in [1.807, 2.05) is 32.0 Å². The van der Waals surface area contributed by atoms with Crippen LogP contribution in [-0.4, -0.2) is 38.8 Å². The third kappa shape index (κ3) is 6.41. The first-order valence-corrected chi connectivity index (χ1v) is 9.22. The van der Waals surface area contributed by atoms with Crippen LogP contribution in [0.5, 0.6) is 17.2 Å². The van der Waals surface area contributed by atoms with Gasteiger partial charge in [0.25, 0.3) is 5.91 Å². The van der Waals surface area contributed by atoms with Crippen LogP contribution in [0.1, 0.15) is 23.6 Å². The van der Waals surface area contributed by atoms with E-state index < -0.39 is 18.0 Å². The molecule has 7 nitrogen and oxygen atoms in total. The van der Waals surface area contributed by atoms with Crippen molar-refractivity contribution in [2.75, 3.05) is 20.8 Å². The third-order valence-electron chi connectivity index (χ3n) is 4.27. The summed E-state index contributed by atoms with van der Waals surface area (Å²) in [5.41, 5.74) is 2.86. The maximum absolute atomic E-state index is 12.2. The zero-order valence-corrected chi connectivity index (χ0v) is 17.4. The highest BCUT2D eigenvalue weighted by Crippen LogP contribution is 2.27. The molecule has 0 bridgehead atoms. The normalized spacial score (nSPS) is 11.3. The van der Waals surface area contributed by atoms with Gasteiger partial charge < -0.3 is 24.3 Å². The molecule has 2 aromatic carbocycles. The number of aryl methyl sites for hydroxylation is 2. The van der Waals surface area contributed by atoms with Gasteiger partial charge in [0, 0.05) is 6.54 Å². The smallest absolute Gasteiger partial charge is 0.344 e. The highest BCUT2D eigenvalue weighted by molar-refractivity contribution is 5.83. The van der Waals surface area contributed by atoms with E-state index in [0.717, 1.165) is 16.7 Å². The topological polar surface area (TPSA) is 83.1 Å². The zero-order chi connectivity index (χ0) is 21.4. The maximum atomic E-state index is 12.2. The zero-order valence-electron chi connectivity index (χ0n) is 17.4. The first-order chi connectivity index (χ1) is 13.8. The minimum Gasteiger partial charge on any atom is -0.493 e. The molecule has 29 heavy (non-hydrogen) atoms. The van der Waals surface area contributed by atoms with Crippen molar-refractivity contribution in [1.82, 2.24) is 5.32 Å². The summed E-state index contributed by atoms with van der Waals surface area (Å²) in [5.74, 6) is 0.771. The quantitative estimate of drug-likeness (QED) is 0.651. The highest BCUT2D eigenvalue weighted by Gasteiger charge is 2.18. The number of rotatable bonds is 9. The number of methoxy groups -OCH3 is 2. The van der Waals surface area contributed by atoms with Crippen molar-refractivity contribution in [1.29, 1.82) is 0 Å². The van der Waals surface area contributed by atoms with Crippen molar-refractivity contribution in [2.24, 2.45) is 0 Å². The minimum absolute atomic E-state index is 0.264. The molecule has 0 aliphatic heterocycles. The van der Waals surface area contributed by atoms with E-state index in [4.69, 9.17) is 18.9 Å². The van der Waals surface area contributed by atoms with E-state index in [1.165, 1.54) is 6.92 Å². The van der Waals surface area contributed by atoms with Crippen LogP contribution in [0.25, 0.3) is 0 Å². The Kier molecular flexibility index (Phi) is 7.88. The van der Waals surface area contributed by atoms with Gasteiger partial charge in [-0.25, -0.2) is 4.79 Å². The van der Waals surface area contributed by atoms with E-state index >= 15 is 0 Å². The number of hydrogen-bond donors (Lipinski definition) is 1. The molecular weight excluding hydrogens is 374 g/mol. The molecule has 0 aromatic heterocycles. The van der Waals surface area contributed by atoms with E-state index in [0.29, 0.717) is 17.2 Å². The molecule has 156 valence electrons. The largest absolute Gasteiger partial charge is 0.493 e. The van der Waals surface area contributed by atoms with Crippen molar-refractivity contribution in [3.63, 3.8) is 0 Å². The Hall–Kier alpha value is -3.22. The number of benzene rings is 2. The number of nitrogens with one attached hydrogen (secondary N) is 1. The molecule has 0 fully saturated rings.